The quantitative estimate of drug-likeness (QED) is 0.376. The zero-order valence-corrected chi connectivity index (χ0v) is 22.5. The minimum absolute atomic E-state index is 0. The maximum Gasteiger partial charge on any atom is 4.00 e. The molecular formula is C19H30Cl2OSi2Zr. The van der Waals surface area contributed by atoms with Crippen LogP contribution >= 0.6 is 0 Å². The van der Waals surface area contributed by atoms with E-state index in [1.54, 1.807) is 0 Å². The molecule has 2 aliphatic rings. The molecule has 6 heteroatoms. The van der Waals surface area contributed by atoms with E-state index >= 15 is 0 Å². The van der Waals surface area contributed by atoms with Gasteiger partial charge in [-0.3, -0.25) is 12.2 Å². The molecule has 0 N–H and O–H groups in total. The van der Waals surface area contributed by atoms with E-state index in [4.69, 9.17) is 4.43 Å². The van der Waals surface area contributed by atoms with Crippen molar-refractivity contribution in [2.45, 2.75) is 70.5 Å². The Balaban J connectivity index is 0. The molecule has 0 aliphatic heterocycles. The summed E-state index contributed by atoms with van der Waals surface area (Å²) in [5.41, 5.74) is 2.67. The predicted octanol–water partition coefficient (Wildman–Crippen LogP) is 0.0387. The van der Waals surface area contributed by atoms with Crippen molar-refractivity contribution in [1.82, 2.24) is 0 Å². The van der Waals surface area contributed by atoms with Crippen LogP contribution < -0.4 is 24.8 Å². The maximum atomic E-state index is 6.41. The molecule has 1 atom stereocenters. The van der Waals surface area contributed by atoms with Gasteiger partial charge in [-0.2, -0.15) is 11.6 Å². The Labute approximate surface area is 188 Å². The standard InChI is InChI=1S/C19H30OSi2.2ClH.Zr/c1-8-22(6,7)19(2,16-12-9-10-13-16)17-14-11-15-18(17)20-21(3,4)5;;;/h9,12,15H,8,10-11H2,1-7H3;2*1H;/q-2;;;+4/p-2. The third-order valence-corrected chi connectivity index (χ3v) is 11.0. The smallest absolute Gasteiger partial charge is 1.00 e. The van der Waals surface area contributed by atoms with Crippen LogP contribution in [0.2, 0.25) is 43.8 Å². The van der Waals surface area contributed by atoms with Gasteiger partial charge in [0, 0.05) is 0 Å². The fourth-order valence-corrected chi connectivity index (χ4v) is 6.56. The number of rotatable bonds is 6. The van der Waals surface area contributed by atoms with Crippen LogP contribution in [0.15, 0.2) is 35.1 Å². The first-order valence-electron chi connectivity index (χ1n) is 8.40. The van der Waals surface area contributed by atoms with Gasteiger partial charge in [0.25, 0.3) is 0 Å². The molecule has 0 aromatic heterocycles. The van der Waals surface area contributed by atoms with Crippen LogP contribution in [-0.4, -0.2) is 16.4 Å². The Bertz CT molecular complexity index is 574. The monoisotopic (exact) mass is 490 g/mol. The summed E-state index contributed by atoms with van der Waals surface area (Å²) in [5, 5.41) is 0.0384. The van der Waals surface area contributed by atoms with Gasteiger partial charge in [-0.1, -0.05) is 43.8 Å². The Morgan fingerprint density at radius 2 is 1.68 bits per heavy atom. The zero-order chi connectivity index (χ0) is 16.6. The molecular weight excluding hydrogens is 463 g/mol. The van der Waals surface area contributed by atoms with E-state index in [0.29, 0.717) is 0 Å². The fraction of sp³-hybridized carbons (Fsp3) is 0.579. The first kappa shape index (κ1) is 27.9. The van der Waals surface area contributed by atoms with E-state index in [0.717, 1.165) is 18.6 Å². The molecule has 25 heavy (non-hydrogen) atoms. The second kappa shape index (κ2) is 10.3. The summed E-state index contributed by atoms with van der Waals surface area (Å²) in [6.45, 7) is 16.5. The molecule has 0 heterocycles. The average Bonchev–Trinajstić information content (AvgIpc) is 3.06. The third kappa shape index (κ3) is 5.81. The largest absolute Gasteiger partial charge is 4.00 e. The average molecular weight is 493 g/mol. The first-order chi connectivity index (χ1) is 10.1. The predicted molar refractivity (Wildman–Crippen MR) is 101 cm³/mol. The van der Waals surface area contributed by atoms with Crippen LogP contribution in [0.1, 0.15) is 26.7 Å². The van der Waals surface area contributed by atoms with Crippen LogP contribution in [0.25, 0.3) is 0 Å². The summed E-state index contributed by atoms with van der Waals surface area (Å²) in [6.07, 6.45) is 15.8. The van der Waals surface area contributed by atoms with Gasteiger partial charge in [0.15, 0.2) is 0 Å². The van der Waals surface area contributed by atoms with E-state index < -0.39 is 16.4 Å². The van der Waals surface area contributed by atoms with Gasteiger partial charge in [0.1, 0.15) is 0 Å². The number of hydrogen-bond acceptors (Lipinski definition) is 1. The summed E-state index contributed by atoms with van der Waals surface area (Å²) < 4.78 is 6.41. The van der Waals surface area contributed by atoms with Gasteiger partial charge in [-0.05, 0) is 19.6 Å². The Hall–Kier alpha value is 0.657. The van der Waals surface area contributed by atoms with Crippen molar-refractivity contribution in [3.63, 3.8) is 0 Å². The molecule has 138 valence electrons. The number of halogens is 2. The maximum absolute atomic E-state index is 6.41. The third-order valence-electron chi connectivity index (χ3n) is 5.20. The second-order valence-electron chi connectivity index (χ2n) is 8.10. The molecule has 0 aromatic rings. The Morgan fingerprint density at radius 3 is 2.12 bits per heavy atom. The molecule has 0 bridgehead atoms. The van der Waals surface area contributed by atoms with Crippen molar-refractivity contribution in [3.8, 4) is 0 Å². The van der Waals surface area contributed by atoms with E-state index in [2.05, 4.69) is 77.0 Å². The van der Waals surface area contributed by atoms with Crippen molar-refractivity contribution in [1.29, 1.82) is 0 Å². The summed E-state index contributed by atoms with van der Waals surface area (Å²) in [5.74, 6) is 1.10. The molecule has 2 aliphatic carbocycles. The number of hydrogen-bond donors (Lipinski definition) is 0. The fourth-order valence-electron chi connectivity index (χ4n) is 3.22. The minimum Gasteiger partial charge on any atom is -1.00 e. The molecule has 0 radical (unpaired) electrons. The first-order valence-corrected chi connectivity index (χ1v) is 15.0. The zero-order valence-electron chi connectivity index (χ0n) is 16.5. The normalized spacial score (nSPS) is 18.8. The van der Waals surface area contributed by atoms with Crippen LogP contribution in [0.3, 0.4) is 0 Å². The molecule has 0 saturated carbocycles. The summed E-state index contributed by atoms with van der Waals surface area (Å²) in [6, 6.07) is 1.24. The van der Waals surface area contributed by atoms with Crippen LogP contribution in [0.5, 0.6) is 0 Å². The Morgan fingerprint density at radius 1 is 1.08 bits per heavy atom. The molecule has 1 unspecified atom stereocenters. The van der Waals surface area contributed by atoms with Crippen LogP contribution in [0.4, 0.5) is 0 Å². The molecule has 1 nitrogen and oxygen atoms in total. The van der Waals surface area contributed by atoms with Crippen LogP contribution in [-0.2, 0) is 30.6 Å². The van der Waals surface area contributed by atoms with Gasteiger partial charge in [-0.15, -0.1) is 18.9 Å². The van der Waals surface area contributed by atoms with E-state index in [1.807, 2.05) is 0 Å². The van der Waals surface area contributed by atoms with Gasteiger partial charge >= 0.3 is 26.2 Å². The molecule has 0 spiro atoms. The van der Waals surface area contributed by atoms with Gasteiger partial charge < -0.3 is 29.2 Å². The van der Waals surface area contributed by atoms with E-state index in [-0.39, 0.29) is 56.1 Å². The molecule has 0 fully saturated rings. The van der Waals surface area contributed by atoms with Gasteiger partial charge in [0.05, 0.1) is 8.07 Å². The molecule has 0 aromatic carbocycles. The van der Waals surface area contributed by atoms with Crippen molar-refractivity contribution in [3.05, 3.63) is 47.3 Å². The summed E-state index contributed by atoms with van der Waals surface area (Å²) >= 11 is 0. The minimum atomic E-state index is -1.61. The van der Waals surface area contributed by atoms with Gasteiger partial charge in [-0.25, -0.2) is 11.6 Å². The molecule has 0 amide bonds. The van der Waals surface area contributed by atoms with E-state index in [1.165, 1.54) is 17.2 Å². The van der Waals surface area contributed by atoms with Crippen molar-refractivity contribution >= 4 is 16.4 Å². The number of allylic oxidation sites excluding steroid dienone is 7. The summed E-state index contributed by atoms with van der Waals surface area (Å²) in [4.78, 5) is 0. The summed E-state index contributed by atoms with van der Waals surface area (Å²) in [7, 11) is -3.15. The second-order valence-corrected chi connectivity index (χ2v) is 18.0. The van der Waals surface area contributed by atoms with Crippen molar-refractivity contribution in [2.75, 3.05) is 0 Å². The van der Waals surface area contributed by atoms with Crippen molar-refractivity contribution in [2.24, 2.45) is 0 Å². The Kier molecular flexibility index (Phi) is 11.4. The molecule has 0 saturated heterocycles. The van der Waals surface area contributed by atoms with E-state index in [9.17, 15) is 0 Å². The van der Waals surface area contributed by atoms with Crippen LogP contribution in [0, 0.1) is 12.2 Å². The molecule has 2 rings (SSSR count). The van der Waals surface area contributed by atoms with Crippen molar-refractivity contribution < 1.29 is 55.4 Å². The topological polar surface area (TPSA) is 9.23 Å². The SMILES string of the molecule is CC[Si](C)(C)C(C)(C1=[C-]CC=C1)C1=[C-]CC=C1O[Si](C)(C)C.[Cl-].[Cl-].[Zr+4]. The van der Waals surface area contributed by atoms with Gasteiger partial charge in [0.2, 0.25) is 8.32 Å².